The Bertz CT molecular complexity index is 686. The molecule has 0 atom stereocenters. The molecule has 0 bridgehead atoms. The molecule has 0 saturated carbocycles. The molecule has 0 radical (unpaired) electrons. The van der Waals surface area contributed by atoms with Gasteiger partial charge in [-0.3, -0.25) is 9.59 Å². The summed E-state index contributed by atoms with van der Waals surface area (Å²) in [6.07, 6.45) is 1.53. The highest BCUT2D eigenvalue weighted by Crippen LogP contribution is 2.29. The molecule has 2 rings (SSSR count). The molecule has 0 aliphatic carbocycles. The van der Waals surface area contributed by atoms with Crippen LogP contribution < -0.4 is 5.32 Å². The summed E-state index contributed by atoms with van der Waals surface area (Å²) >= 11 is 4.63. The highest BCUT2D eigenvalue weighted by Gasteiger charge is 2.10. The summed E-state index contributed by atoms with van der Waals surface area (Å²) in [5.41, 5.74) is 1.33. The highest BCUT2D eigenvalue weighted by atomic mass is 32.2. The van der Waals surface area contributed by atoms with E-state index in [9.17, 15) is 9.59 Å². The Labute approximate surface area is 154 Å². The van der Waals surface area contributed by atoms with Gasteiger partial charge in [0, 0.05) is 23.4 Å². The summed E-state index contributed by atoms with van der Waals surface area (Å²) in [5, 5.41) is 11.0. The van der Waals surface area contributed by atoms with Gasteiger partial charge >= 0.3 is 0 Å². The fraction of sp³-hybridized carbons (Fsp3) is 0.375. The van der Waals surface area contributed by atoms with Gasteiger partial charge in [0.05, 0.1) is 5.75 Å². The molecular weight excluding hydrogens is 362 g/mol. The topological polar surface area (TPSA) is 72.0 Å². The zero-order valence-corrected chi connectivity index (χ0v) is 16.0. The minimum Gasteiger partial charge on any atom is -0.326 e. The maximum Gasteiger partial charge on any atom is 0.224 e. The second-order valence-electron chi connectivity index (χ2n) is 4.87. The zero-order valence-electron chi connectivity index (χ0n) is 13.6. The lowest BCUT2D eigenvalue weighted by Crippen LogP contribution is -2.09. The quantitative estimate of drug-likeness (QED) is 0.514. The Morgan fingerprint density at radius 1 is 1.08 bits per heavy atom. The third-order valence-corrected chi connectivity index (χ3v) is 6.35. The normalized spacial score (nSPS) is 10.6. The Morgan fingerprint density at radius 2 is 1.75 bits per heavy atom. The monoisotopic (exact) mass is 381 g/mol. The first-order valence-electron chi connectivity index (χ1n) is 7.64. The summed E-state index contributed by atoms with van der Waals surface area (Å²) < 4.78 is 1.76. The van der Waals surface area contributed by atoms with E-state index in [1.54, 1.807) is 43.0 Å². The number of Topliss-reactive ketones (excluding diaryl/α,β-unsaturated/α-hetero) is 1. The van der Waals surface area contributed by atoms with E-state index < -0.39 is 0 Å². The molecule has 0 fully saturated rings. The molecule has 0 aliphatic heterocycles. The number of amides is 1. The molecule has 1 aromatic heterocycles. The second kappa shape index (κ2) is 9.80. The summed E-state index contributed by atoms with van der Waals surface area (Å²) in [6, 6.07) is 6.96. The number of carbonyl (C=O) groups excluding carboxylic acids is 2. The standard InChI is InChI=1S/C16H19N3O2S3/c1-3-9-22-15-18-19-16(24-15)23-10-13(20)11-5-7-12(8-6-11)17-14(21)4-2/h5-8H,3-4,9-10H2,1-2H3,(H,17,21). The van der Waals surface area contributed by atoms with Crippen molar-refractivity contribution >= 4 is 52.2 Å². The molecule has 24 heavy (non-hydrogen) atoms. The highest BCUT2D eigenvalue weighted by molar-refractivity contribution is 8.03. The van der Waals surface area contributed by atoms with Crippen molar-refractivity contribution in [3.8, 4) is 0 Å². The lowest BCUT2D eigenvalue weighted by atomic mass is 10.1. The molecule has 0 aliphatic rings. The third kappa shape index (κ3) is 5.92. The SMILES string of the molecule is CCCSc1nnc(SCC(=O)c2ccc(NC(=O)CC)cc2)s1. The number of rotatable bonds is 9. The van der Waals surface area contributed by atoms with Crippen LogP contribution in [0.15, 0.2) is 32.9 Å². The number of anilines is 1. The van der Waals surface area contributed by atoms with Crippen LogP contribution in [0.2, 0.25) is 0 Å². The van der Waals surface area contributed by atoms with Crippen molar-refractivity contribution in [1.82, 2.24) is 10.2 Å². The van der Waals surface area contributed by atoms with Gasteiger partial charge in [0.25, 0.3) is 0 Å². The average molecular weight is 382 g/mol. The summed E-state index contributed by atoms with van der Waals surface area (Å²) in [7, 11) is 0. The summed E-state index contributed by atoms with van der Waals surface area (Å²) in [5.74, 6) is 1.34. The van der Waals surface area contributed by atoms with Gasteiger partial charge in [-0.05, 0) is 30.7 Å². The minimum atomic E-state index is -0.0438. The van der Waals surface area contributed by atoms with E-state index in [1.807, 2.05) is 0 Å². The predicted molar refractivity (Wildman–Crippen MR) is 101 cm³/mol. The van der Waals surface area contributed by atoms with Crippen molar-refractivity contribution in [3.05, 3.63) is 29.8 Å². The maximum atomic E-state index is 12.2. The van der Waals surface area contributed by atoms with Crippen LogP contribution in [-0.2, 0) is 4.79 Å². The molecule has 128 valence electrons. The number of thioether (sulfide) groups is 2. The second-order valence-corrected chi connectivity index (χ2v) is 8.42. The lowest BCUT2D eigenvalue weighted by molar-refractivity contribution is -0.115. The Kier molecular flexibility index (Phi) is 7.74. The first-order valence-corrected chi connectivity index (χ1v) is 10.4. The van der Waals surface area contributed by atoms with Crippen LogP contribution in [0.3, 0.4) is 0 Å². The van der Waals surface area contributed by atoms with Gasteiger partial charge < -0.3 is 5.32 Å². The van der Waals surface area contributed by atoms with Crippen LogP contribution in [0.1, 0.15) is 37.0 Å². The van der Waals surface area contributed by atoms with E-state index >= 15 is 0 Å². The molecule has 1 N–H and O–H groups in total. The Balaban J connectivity index is 1.85. The number of hydrogen-bond acceptors (Lipinski definition) is 7. The van der Waals surface area contributed by atoms with E-state index in [0.717, 1.165) is 20.9 Å². The van der Waals surface area contributed by atoms with Gasteiger partial charge in [-0.1, -0.05) is 48.7 Å². The number of carbonyl (C=O) groups is 2. The lowest BCUT2D eigenvalue weighted by Gasteiger charge is -2.04. The Hall–Kier alpha value is -1.38. The molecule has 0 spiro atoms. The zero-order chi connectivity index (χ0) is 17.4. The number of nitrogens with zero attached hydrogens (tertiary/aromatic N) is 2. The Morgan fingerprint density at radius 3 is 2.38 bits per heavy atom. The summed E-state index contributed by atoms with van der Waals surface area (Å²) in [4.78, 5) is 23.6. The van der Waals surface area contributed by atoms with Crippen LogP contribution in [-0.4, -0.2) is 33.4 Å². The van der Waals surface area contributed by atoms with E-state index in [4.69, 9.17) is 0 Å². The number of hydrogen-bond donors (Lipinski definition) is 1. The molecule has 2 aromatic rings. The van der Waals surface area contributed by atoms with Gasteiger partial charge in [-0.15, -0.1) is 10.2 Å². The fourth-order valence-corrected chi connectivity index (χ4v) is 4.54. The molecular formula is C16H19N3O2S3. The van der Waals surface area contributed by atoms with Gasteiger partial charge in [0.2, 0.25) is 5.91 Å². The van der Waals surface area contributed by atoms with Crippen LogP contribution in [0.25, 0.3) is 0 Å². The van der Waals surface area contributed by atoms with Crippen molar-refractivity contribution in [1.29, 1.82) is 0 Å². The third-order valence-electron chi connectivity index (χ3n) is 2.96. The molecule has 0 unspecified atom stereocenters. The largest absolute Gasteiger partial charge is 0.326 e. The van der Waals surface area contributed by atoms with Gasteiger partial charge in [0.1, 0.15) is 0 Å². The number of aromatic nitrogens is 2. The van der Waals surface area contributed by atoms with Crippen molar-refractivity contribution < 1.29 is 9.59 Å². The van der Waals surface area contributed by atoms with E-state index in [2.05, 4.69) is 22.4 Å². The summed E-state index contributed by atoms with van der Waals surface area (Å²) in [6.45, 7) is 3.92. The smallest absolute Gasteiger partial charge is 0.224 e. The molecule has 1 heterocycles. The van der Waals surface area contributed by atoms with E-state index in [-0.39, 0.29) is 11.7 Å². The van der Waals surface area contributed by atoms with E-state index in [1.165, 1.54) is 23.1 Å². The molecule has 8 heteroatoms. The van der Waals surface area contributed by atoms with Gasteiger partial charge in [-0.25, -0.2) is 0 Å². The van der Waals surface area contributed by atoms with Crippen molar-refractivity contribution in [2.75, 3.05) is 16.8 Å². The average Bonchev–Trinajstić information content (AvgIpc) is 3.06. The minimum absolute atomic E-state index is 0.0336. The maximum absolute atomic E-state index is 12.2. The van der Waals surface area contributed by atoms with Crippen molar-refractivity contribution in [3.63, 3.8) is 0 Å². The molecule has 1 amide bonds. The number of benzene rings is 1. The van der Waals surface area contributed by atoms with E-state index in [0.29, 0.717) is 23.4 Å². The number of nitrogens with one attached hydrogen (secondary N) is 1. The molecule has 1 aromatic carbocycles. The van der Waals surface area contributed by atoms with Gasteiger partial charge in [-0.2, -0.15) is 0 Å². The van der Waals surface area contributed by atoms with Gasteiger partial charge in [0.15, 0.2) is 14.5 Å². The van der Waals surface area contributed by atoms with Crippen molar-refractivity contribution in [2.45, 2.75) is 35.4 Å². The fourth-order valence-electron chi connectivity index (χ4n) is 1.70. The first kappa shape index (κ1) is 19.0. The van der Waals surface area contributed by atoms with Crippen LogP contribution >= 0.6 is 34.9 Å². The molecule has 0 saturated heterocycles. The van der Waals surface area contributed by atoms with Crippen LogP contribution in [0.5, 0.6) is 0 Å². The predicted octanol–water partition coefficient (Wildman–Crippen LogP) is 4.36. The number of ketones is 1. The van der Waals surface area contributed by atoms with Crippen molar-refractivity contribution in [2.24, 2.45) is 0 Å². The van der Waals surface area contributed by atoms with Crippen LogP contribution in [0.4, 0.5) is 5.69 Å². The first-order chi connectivity index (χ1) is 11.6. The molecule has 5 nitrogen and oxygen atoms in total. The van der Waals surface area contributed by atoms with Crippen LogP contribution in [0, 0.1) is 0 Å².